The highest BCUT2D eigenvalue weighted by atomic mass is 19.1. The van der Waals surface area contributed by atoms with Crippen molar-refractivity contribution in [2.45, 2.75) is 38.0 Å². The molecule has 1 unspecified atom stereocenters. The van der Waals surface area contributed by atoms with Crippen molar-refractivity contribution in [1.29, 1.82) is 0 Å². The Morgan fingerprint density at radius 3 is 2.63 bits per heavy atom. The third-order valence-electron chi connectivity index (χ3n) is 6.24. The van der Waals surface area contributed by atoms with Crippen LogP contribution in [-0.4, -0.2) is 36.5 Å². The minimum absolute atomic E-state index is 0.0537. The molecule has 1 aliphatic carbocycles. The molecule has 1 saturated heterocycles. The van der Waals surface area contributed by atoms with Gasteiger partial charge in [0, 0.05) is 37.2 Å². The largest absolute Gasteiger partial charge is 0.337 e. The van der Waals surface area contributed by atoms with Crippen molar-refractivity contribution in [1.82, 2.24) is 10.2 Å². The molecule has 3 amide bonds. The molecule has 30 heavy (non-hydrogen) atoms. The summed E-state index contributed by atoms with van der Waals surface area (Å²) in [5.74, 6) is -0.282. The molecule has 6 heteroatoms. The number of hydrogen-bond acceptors (Lipinski definition) is 2. The van der Waals surface area contributed by atoms with Crippen LogP contribution in [0.2, 0.25) is 0 Å². The third-order valence-corrected chi connectivity index (χ3v) is 6.24. The Labute approximate surface area is 176 Å². The van der Waals surface area contributed by atoms with Crippen molar-refractivity contribution in [2.24, 2.45) is 5.92 Å². The first-order chi connectivity index (χ1) is 14.6. The van der Waals surface area contributed by atoms with Gasteiger partial charge < -0.3 is 15.5 Å². The van der Waals surface area contributed by atoms with E-state index in [1.54, 1.807) is 17.0 Å². The highest BCUT2D eigenvalue weighted by Gasteiger charge is 2.28. The fourth-order valence-electron chi connectivity index (χ4n) is 4.54. The lowest BCUT2D eigenvalue weighted by Gasteiger charge is -2.32. The van der Waals surface area contributed by atoms with Gasteiger partial charge in [0.2, 0.25) is 5.91 Å². The number of benzene rings is 2. The molecule has 5 nitrogen and oxygen atoms in total. The number of hydrogen-bond donors (Lipinski definition) is 2. The zero-order valence-electron chi connectivity index (χ0n) is 17.1. The Bertz CT molecular complexity index is 909. The topological polar surface area (TPSA) is 61.4 Å². The van der Waals surface area contributed by atoms with Crippen molar-refractivity contribution in [3.63, 3.8) is 0 Å². The number of nitrogens with one attached hydrogen (secondary N) is 2. The van der Waals surface area contributed by atoms with Gasteiger partial charge in [-0.1, -0.05) is 30.3 Å². The number of carbonyl (C=O) groups is 2. The standard InChI is InChI=1S/C24H28FN3O2/c25-20-8-4-9-21(15-20)27-23(29)18-11-13-28(14-12-18)24(30)26-16-19-7-3-6-17-5-1-2-10-22(17)19/h1-2,4-5,8-10,15,18-19H,3,6-7,11-14,16H2,(H,26,30)(H,27,29). The minimum atomic E-state index is -0.375. The number of piperidine rings is 1. The van der Waals surface area contributed by atoms with E-state index in [0.29, 0.717) is 44.1 Å². The zero-order valence-corrected chi connectivity index (χ0v) is 17.1. The Kier molecular flexibility index (Phi) is 6.31. The molecule has 4 rings (SSSR count). The van der Waals surface area contributed by atoms with Crippen LogP contribution in [-0.2, 0) is 11.2 Å². The normalized spacial score (nSPS) is 19.1. The van der Waals surface area contributed by atoms with Crippen molar-refractivity contribution >= 4 is 17.6 Å². The predicted molar refractivity (Wildman–Crippen MR) is 115 cm³/mol. The number of carbonyl (C=O) groups excluding carboxylic acids is 2. The van der Waals surface area contributed by atoms with E-state index in [0.717, 1.165) is 19.3 Å². The molecule has 1 atom stereocenters. The minimum Gasteiger partial charge on any atom is -0.337 e. The molecular weight excluding hydrogens is 381 g/mol. The smallest absolute Gasteiger partial charge is 0.317 e. The molecule has 1 aliphatic heterocycles. The van der Waals surface area contributed by atoms with E-state index in [9.17, 15) is 14.0 Å². The second-order valence-corrected chi connectivity index (χ2v) is 8.23. The summed E-state index contributed by atoms with van der Waals surface area (Å²) < 4.78 is 13.3. The quantitative estimate of drug-likeness (QED) is 0.791. The number of nitrogens with zero attached hydrogens (tertiary/aromatic N) is 1. The molecule has 0 bridgehead atoms. The van der Waals surface area contributed by atoms with Crippen LogP contribution in [0.15, 0.2) is 48.5 Å². The second kappa shape index (κ2) is 9.28. The first-order valence-corrected chi connectivity index (χ1v) is 10.8. The first kappa shape index (κ1) is 20.4. The van der Waals surface area contributed by atoms with E-state index in [1.807, 2.05) is 0 Å². The number of rotatable bonds is 4. The maximum atomic E-state index is 13.3. The summed E-state index contributed by atoms with van der Waals surface area (Å²) in [7, 11) is 0. The van der Waals surface area contributed by atoms with Gasteiger partial charge in [-0.05, 0) is 61.4 Å². The zero-order chi connectivity index (χ0) is 20.9. The molecule has 2 aromatic carbocycles. The Morgan fingerprint density at radius 1 is 1.03 bits per heavy atom. The van der Waals surface area contributed by atoms with Crippen LogP contribution >= 0.6 is 0 Å². The summed E-state index contributed by atoms with van der Waals surface area (Å²) in [6.07, 6.45) is 4.59. The summed E-state index contributed by atoms with van der Waals surface area (Å²) in [6.45, 7) is 1.75. The van der Waals surface area contributed by atoms with Gasteiger partial charge in [0.25, 0.3) is 0 Å². The number of amides is 3. The SMILES string of the molecule is O=C(Nc1cccc(F)c1)C1CCN(C(=O)NCC2CCCc3ccccc32)CC1. The number of halogens is 1. The summed E-state index contributed by atoms with van der Waals surface area (Å²) in [6, 6.07) is 14.4. The molecule has 1 heterocycles. The Hall–Kier alpha value is -2.89. The Morgan fingerprint density at radius 2 is 1.83 bits per heavy atom. The Balaban J connectivity index is 1.24. The number of urea groups is 1. The van der Waals surface area contributed by atoms with Crippen LogP contribution < -0.4 is 10.6 Å². The van der Waals surface area contributed by atoms with Gasteiger partial charge in [-0.25, -0.2) is 9.18 Å². The van der Waals surface area contributed by atoms with Crippen molar-refractivity contribution < 1.29 is 14.0 Å². The third kappa shape index (κ3) is 4.81. The highest BCUT2D eigenvalue weighted by Crippen LogP contribution is 2.31. The summed E-state index contributed by atoms with van der Waals surface area (Å²) in [5, 5.41) is 5.87. The van der Waals surface area contributed by atoms with Crippen molar-refractivity contribution in [3.05, 3.63) is 65.5 Å². The average Bonchev–Trinajstić information content (AvgIpc) is 2.77. The first-order valence-electron chi connectivity index (χ1n) is 10.8. The van der Waals surface area contributed by atoms with Gasteiger partial charge in [0.05, 0.1) is 0 Å². The molecule has 0 radical (unpaired) electrons. The lowest BCUT2D eigenvalue weighted by Crippen LogP contribution is -2.47. The fourth-order valence-corrected chi connectivity index (χ4v) is 4.54. The molecule has 0 aromatic heterocycles. The van der Waals surface area contributed by atoms with E-state index >= 15 is 0 Å². The summed E-state index contributed by atoms with van der Waals surface area (Å²) in [5.41, 5.74) is 3.22. The van der Waals surface area contributed by atoms with Crippen molar-refractivity contribution in [3.8, 4) is 0 Å². The van der Waals surface area contributed by atoms with Crippen LogP contribution in [0.3, 0.4) is 0 Å². The average molecular weight is 410 g/mol. The van der Waals surface area contributed by atoms with Crippen LogP contribution in [0.25, 0.3) is 0 Å². The van der Waals surface area contributed by atoms with Crippen LogP contribution in [0, 0.1) is 11.7 Å². The second-order valence-electron chi connectivity index (χ2n) is 8.23. The number of anilines is 1. The van der Waals surface area contributed by atoms with Gasteiger partial charge in [0.1, 0.15) is 5.82 Å². The molecule has 2 aliphatic rings. The van der Waals surface area contributed by atoms with Crippen LogP contribution in [0.4, 0.5) is 14.9 Å². The molecular formula is C24H28FN3O2. The lowest BCUT2D eigenvalue weighted by molar-refractivity contribution is -0.121. The molecule has 0 saturated carbocycles. The van der Waals surface area contributed by atoms with E-state index in [-0.39, 0.29) is 23.7 Å². The van der Waals surface area contributed by atoms with E-state index < -0.39 is 0 Å². The van der Waals surface area contributed by atoms with Crippen molar-refractivity contribution in [2.75, 3.05) is 25.0 Å². The van der Waals surface area contributed by atoms with E-state index in [1.165, 1.54) is 23.3 Å². The van der Waals surface area contributed by atoms with Gasteiger partial charge in [-0.2, -0.15) is 0 Å². The fraction of sp³-hybridized carbons (Fsp3) is 0.417. The van der Waals surface area contributed by atoms with Gasteiger partial charge >= 0.3 is 6.03 Å². The maximum Gasteiger partial charge on any atom is 0.317 e. The molecule has 1 fully saturated rings. The van der Waals surface area contributed by atoms with Gasteiger partial charge in [-0.3, -0.25) is 4.79 Å². The molecule has 158 valence electrons. The summed E-state index contributed by atoms with van der Waals surface area (Å²) in [4.78, 5) is 26.9. The van der Waals surface area contributed by atoms with E-state index in [2.05, 4.69) is 34.9 Å². The predicted octanol–water partition coefficient (Wildman–Crippen LogP) is 4.31. The van der Waals surface area contributed by atoms with Gasteiger partial charge in [0.15, 0.2) is 0 Å². The van der Waals surface area contributed by atoms with Gasteiger partial charge in [-0.15, -0.1) is 0 Å². The van der Waals surface area contributed by atoms with Crippen LogP contribution in [0.5, 0.6) is 0 Å². The molecule has 2 N–H and O–H groups in total. The molecule has 2 aromatic rings. The maximum absolute atomic E-state index is 13.3. The number of likely N-dealkylation sites (tertiary alicyclic amines) is 1. The van der Waals surface area contributed by atoms with E-state index in [4.69, 9.17) is 0 Å². The number of fused-ring (bicyclic) bond motifs is 1. The highest BCUT2D eigenvalue weighted by molar-refractivity contribution is 5.92. The monoisotopic (exact) mass is 409 g/mol. The summed E-state index contributed by atoms with van der Waals surface area (Å²) >= 11 is 0. The lowest BCUT2D eigenvalue weighted by atomic mass is 9.83. The number of aryl methyl sites for hydroxylation is 1. The van der Waals surface area contributed by atoms with Crippen LogP contribution in [0.1, 0.15) is 42.7 Å². The molecule has 0 spiro atoms.